The van der Waals surface area contributed by atoms with Crippen molar-refractivity contribution in [1.29, 1.82) is 0 Å². The third-order valence-electron chi connectivity index (χ3n) is 3.51. The van der Waals surface area contributed by atoms with Crippen LogP contribution in [-0.4, -0.2) is 26.4 Å². The fourth-order valence-electron chi connectivity index (χ4n) is 2.51. The highest BCUT2D eigenvalue weighted by atomic mass is 35.5. The number of phenols is 1. The summed E-state index contributed by atoms with van der Waals surface area (Å²) in [7, 11) is 0. The highest BCUT2D eigenvalue weighted by Crippen LogP contribution is 2.33. The zero-order valence-corrected chi connectivity index (χ0v) is 12.3. The first-order chi connectivity index (χ1) is 10.1. The number of aryl methyl sites for hydroxylation is 1. The van der Waals surface area contributed by atoms with Gasteiger partial charge in [-0.15, -0.1) is 0 Å². The minimum atomic E-state index is 0.0260. The fraction of sp³-hybridized carbons (Fsp3) is 0.188. The van der Waals surface area contributed by atoms with E-state index in [4.69, 9.17) is 11.6 Å². The number of para-hydroxylation sites is 2. The van der Waals surface area contributed by atoms with E-state index in [1.54, 1.807) is 12.1 Å². The maximum absolute atomic E-state index is 9.68. The molecule has 0 unspecified atom stereocenters. The molecule has 3 aromatic rings. The standard InChI is InChI=1S/C16H15ClN2O2/c1-10-8-15(21)12(17)9-11(10)16-18-13-4-2-3-5-14(13)19(16)6-7-20/h2-5,8-9,20-21H,6-7H2,1H3. The van der Waals surface area contributed by atoms with Crippen LogP contribution in [0.25, 0.3) is 22.4 Å². The van der Waals surface area contributed by atoms with Gasteiger partial charge >= 0.3 is 0 Å². The summed E-state index contributed by atoms with van der Waals surface area (Å²) in [6.07, 6.45) is 0. The van der Waals surface area contributed by atoms with Gasteiger partial charge in [-0.2, -0.15) is 0 Å². The number of nitrogens with zero attached hydrogens (tertiary/aromatic N) is 2. The van der Waals surface area contributed by atoms with Crippen LogP contribution in [0, 0.1) is 6.92 Å². The van der Waals surface area contributed by atoms with Gasteiger partial charge in [-0.05, 0) is 36.8 Å². The van der Waals surface area contributed by atoms with Crippen LogP contribution in [0.4, 0.5) is 0 Å². The summed E-state index contributed by atoms with van der Waals surface area (Å²) in [5.74, 6) is 0.799. The SMILES string of the molecule is Cc1cc(O)c(Cl)cc1-c1nc2ccccc2n1CCO. The predicted molar refractivity (Wildman–Crippen MR) is 83.7 cm³/mol. The minimum absolute atomic E-state index is 0.0260. The molecule has 0 radical (unpaired) electrons. The normalized spacial score (nSPS) is 11.2. The van der Waals surface area contributed by atoms with Crippen LogP contribution in [0.5, 0.6) is 5.75 Å². The smallest absolute Gasteiger partial charge is 0.141 e. The first kappa shape index (κ1) is 13.9. The summed E-state index contributed by atoms with van der Waals surface area (Å²) < 4.78 is 1.96. The third kappa shape index (κ3) is 2.37. The molecule has 5 heteroatoms. The van der Waals surface area contributed by atoms with E-state index in [1.807, 2.05) is 35.8 Å². The number of phenolic OH excluding ortho intramolecular Hbond substituents is 1. The number of aromatic hydroxyl groups is 1. The Morgan fingerprint density at radius 2 is 2.00 bits per heavy atom. The van der Waals surface area contributed by atoms with E-state index in [9.17, 15) is 10.2 Å². The van der Waals surface area contributed by atoms with E-state index in [1.165, 1.54) is 0 Å². The second-order valence-electron chi connectivity index (χ2n) is 4.92. The van der Waals surface area contributed by atoms with Crippen LogP contribution >= 0.6 is 11.6 Å². The molecule has 2 N–H and O–H groups in total. The van der Waals surface area contributed by atoms with Crippen molar-refractivity contribution in [1.82, 2.24) is 9.55 Å². The molecule has 1 aromatic heterocycles. The minimum Gasteiger partial charge on any atom is -0.506 e. The number of benzene rings is 2. The maximum atomic E-state index is 9.68. The summed E-state index contributed by atoms with van der Waals surface area (Å²) in [6, 6.07) is 11.1. The Kier molecular flexibility index (Phi) is 3.57. The van der Waals surface area contributed by atoms with Crippen molar-refractivity contribution < 1.29 is 10.2 Å². The maximum Gasteiger partial charge on any atom is 0.141 e. The monoisotopic (exact) mass is 302 g/mol. The zero-order chi connectivity index (χ0) is 15.0. The lowest BCUT2D eigenvalue weighted by Crippen LogP contribution is -2.04. The molecule has 3 rings (SSSR count). The van der Waals surface area contributed by atoms with E-state index in [-0.39, 0.29) is 12.4 Å². The summed E-state index contributed by atoms with van der Waals surface area (Å²) in [5.41, 5.74) is 3.56. The largest absolute Gasteiger partial charge is 0.506 e. The number of rotatable bonds is 3. The predicted octanol–water partition coefficient (Wildman–Crippen LogP) is 3.36. The van der Waals surface area contributed by atoms with Crippen molar-refractivity contribution in [3.05, 3.63) is 47.0 Å². The van der Waals surface area contributed by atoms with Crippen molar-refractivity contribution in [3.63, 3.8) is 0 Å². The second kappa shape index (κ2) is 5.39. The average molecular weight is 303 g/mol. The van der Waals surface area contributed by atoms with Crippen LogP contribution < -0.4 is 0 Å². The lowest BCUT2D eigenvalue weighted by atomic mass is 10.1. The molecule has 0 aliphatic rings. The number of aliphatic hydroxyl groups is 1. The third-order valence-corrected chi connectivity index (χ3v) is 3.82. The van der Waals surface area contributed by atoms with Crippen molar-refractivity contribution in [3.8, 4) is 17.1 Å². The number of hydrogen-bond donors (Lipinski definition) is 2. The Labute approximate surface area is 127 Å². The van der Waals surface area contributed by atoms with Gasteiger partial charge in [0, 0.05) is 12.1 Å². The van der Waals surface area contributed by atoms with Crippen molar-refractivity contribution >= 4 is 22.6 Å². The van der Waals surface area contributed by atoms with Gasteiger partial charge in [0.2, 0.25) is 0 Å². The molecule has 0 fully saturated rings. The van der Waals surface area contributed by atoms with Gasteiger partial charge in [0.1, 0.15) is 11.6 Å². The topological polar surface area (TPSA) is 58.3 Å². The molecule has 21 heavy (non-hydrogen) atoms. The number of imidazole rings is 1. The molecule has 2 aromatic carbocycles. The van der Waals surface area contributed by atoms with E-state index < -0.39 is 0 Å². The van der Waals surface area contributed by atoms with E-state index in [0.29, 0.717) is 11.6 Å². The van der Waals surface area contributed by atoms with Crippen LogP contribution in [0.1, 0.15) is 5.56 Å². The highest BCUT2D eigenvalue weighted by Gasteiger charge is 2.15. The molecule has 0 aliphatic carbocycles. The van der Waals surface area contributed by atoms with Gasteiger partial charge in [0.05, 0.1) is 22.7 Å². The van der Waals surface area contributed by atoms with Gasteiger partial charge in [0.15, 0.2) is 0 Å². The Hall–Kier alpha value is -2.04. The van der Waals surface area contributed by atoms with Crippen molar-refractivity contribution in [2.75, 3.05) is 6.61 Å². The molecule has 0 atom stereocenters. The Morgan fingerprint density at radius 1 is 1.24 bits per heavy atom. The molecule has 0 spiro atoms. The van der Waals surface area contributed by atoms with Crippen LogP contribution in [0.15, 0.2) is 36.4 Å². The number of aliphatic hydroxyl groups excluding tert-OH is 1. The second-order valence-corrected chi connectivity index (χ2v) is 5.33. The summed E-state index contributed by atoms with van der Waals surface area (Å²) >= 11 is 6.03. The van der Waals surface area contributed by atoms with Gasteiger partial charge in [-0.1, -0.05) is 23.7 Å². The summed E-state index contributed by atoms with van der Waals surface area (Å²) in [6.45, 7) is 2.38. The van der Waals surface area contributed by atoms with Crippen LogP contribution in [0.2, 0.25) is 5.02 Å². The van der Waals surface area contributed by atoms with Crippen molar-refractivity contribution in [2.24, 2.45) is 0 Å². The molecule has 0 amide bonds. The number of halogens is 1. The molecule has 0 saturated heterocycles. The molecule has 1 heterocycles. The fourth-order valence-corrected chi connectivity index (χ4v) is 2.68. The van der Waals surface area contributed by atoms with Gasteiger partial charge < -0.3 is 14.8 Å². The van der Waals surface area contributed by atoms with Crippen LogP contribution in [0.3, 0.4) is 0 Å². The number of aromatic nitrogens is 2. The summed E-state index contributed by atoms with van der Waals surface area (Å²) in [4.78, 5) is 4.64. The summed E-state index contributed by atoms with van der Waals surface area (Å²) in [5, 5.41) is 19.3. The molecular formula is C16H15ClN2O2. The highest BCUT2D eigenvalue weighted by molar-refractivity contribution is 6.32. The molecule has 0 saturated carbocycles. The van der Waals surface area contributed by atoms with Gasteiger partial charge in [-0.25, -0.2) is 4.98 Å². The lowest BCUT2D eigenvalue weighted by molar-refractivity contribution is 0.278. The van der Waals surface area contributed by atoms with Crippen LogP contribution in [-0.2, 0) is 6.54 Å². The molecular weight excluding hydrogens is 288 g/mol. The number of fused-ring (bicyclic) bond motifs is 1. The van der Waals surface area contributed by atoms with E-state index in [0.717, 1.165) is 28.0 Å². The van der Waals surface area contributed by atoms with Gasteiger partial charge in [0.25, 0.3) is 0 Å². The molecule has 108 valence electrons. The zero-order valence-electron chi connectivity index (χ0n) is 11.5. The Morgan fingerprint density at radius 3 is 2.76 bits per heavy atom. The Balaban J connectivity index is 2.29. The van der Waals surface area contributed by atoms with E-state index in [2.05, 4.69) is 4.98 Å². The quantitative estimate of drug-likeness (QED) is 0.780. The first-order valence-corrected chi connectivity index (χ1v) is 7.05. The average Bonchev–Trinajstić information content (AvgIpc) is 2.82. The Bertz CT molecular complexity index is 811. The van der Waals surface area contributed by atoms with Gasteiger partial charge in [-0.3, -0.25) is 0 Å². The number of hydrogen-bond acceptors (Lipinski definition) is 3. The van der Waals surface area contributed by atoms with E-state index >= 15 is 0 Å². The lowest BCUT2D eigenvalue weighted by Gasteiger charge is -2.11. The molecule has 0 bridgehead atoms. The van der Waals surface area contributed by atoms with Crippen molar-refractivity contribution in [2.45, 2.75) is 13.5 Å². The molecule has 4 nitrogen and oxygen atoms in total. The molecule has 0 aliphatic heterocycles. The first-order valence-electron chi connectivity index (χ1n) is 6.67.